The first-order chi connectivity index (χ1) is 12.2. The maximum Gasteiger partial charge on any atom is 0.224 e. The molecule has 0 unspecified atom stereocenters. The van der Waals surface area contributed by atoms with Crippen LogP contribution in [-0.2, 0) is 20.7 Å². The average molecular weight is 344 g/mol. The zero-order valence-corrected chi connectivity index (χ0v) is 15.0. The highest BCUT2D eigenvalue weighted by molar-refractivity contribution is 5.80. The molecule has 2 amide bonds. The van der Waals surface area contributed by atoms with Crippen LogP contribution in [0.25, 0.3) is 0 Å². The quantitative estimate of drug-likeness (QED) is 0.795. The minimum absolute atomic E-state index is 0.0722. The summed E-state index contributed by atoms with van der Waals surface area (Å²) in [4.78, 5) is 28.4. The number of carbonyl (C=O) groups is 2. The van der Waals surface area contributed by atoms with Crippen molar-refractivity contribution in [2.45, 2.75) is 50.7 Å². The van der Waals surface area contributed by atoms with Crippen molar-refractivity contribution < 1.29 is 14.3 Å². The Labute approximate surface area is 149 Å². The molecule has 0 aliphatic carbocycles. The van der Waals surface area contributed by atoms with Gasteiger partial charge in [-0.2, -0.15) is 0 Å². The first-order valence-electron chi connectivity index (χ1n) is 9.33. The average Bonchev–Trinajstić information content (AvgIpc) is 3.05. The summed E-state index contributed by atoms with van der Waals surface area (Å²) in [5, 5.41) is 0. The van der Waals surface area contributed by atoms with Crippen LogP contribution in [-0.4, -0.2) is 60.5 Å². The Morgan fingerprint density at radius 3 is 2.68 bits per heavy atom. The summed E-state index contributed by atoms with van der Waals surface area (Å²) in [5.74, 6) is 0.324. The molecular formula is C20H28N2O3. The third-order valence-electron chi connectivity index (χ3n) is 5.39. The molecule has 136 valence electrons. The molecule has 25 heavy (non-hydrogen) atoms. The summed E-state index contributed by atoms with van der Waals surface area (Å²) in [6, 6.07) is 10.4. The van der Waals surface area contributed by atoms with E-state index in [1.807, 2.05) is 28.0 Å². The highest BCUT2D eigenvalue weighted by atomic mass is 16.5. The third-order valence-corrected chi connectivity index (χ3v) is 5.39. The molecule has 1 aromatic rings. The molecular weight excluding hydrogens is 316 g/mol. The van der Waals surface area contributed by atoms with Gasteiger partial charge in [0.05, 0.1) is 12.1 Å². The molecule has 2 atom stereocenters. The van der Waals surface area contributed by atoms with Crippen molar-refractivity contribution in [2.24, 2.45) is 0 Å². The molecule has 2 saturated heterocycles. The number of hydrogen-bond donors (Lipinski definition) is 0. The maximum absolute atomic E-state index is 12.9. The summed E-state index contributed by atoms with van der Waals surface area (Å²) < 4.78 is 5.69. The monoisotopic (exact) mass is 344 g/mol. The molecule has 0 spiro atoms. The first kappa shape index (κ1) is 17.9. The summed E-state index contributed by atoms with van der Waals surface area (Å²) in [6.45, 7) is 2.12. The van der Waals surface area contributed by atoms with E-state index in [-0.39, 0.29) is 24.0 Å². The van der Waals surface area contributed by atoms with Crippen molar-refractivity contribution in [3.8, 4) is 0 Å². The fourth-order valence-electron chi connectivity index (χ4n) is 4.02. The van der Waals surface area contributed by atoms with Gasteiger partial charge < -0.3 is 14.5 Å². The van der Waals surface area contributed by atoms with E-state index < -0.39 is 0 Å². The molecule has 5 nitrogen and oxygen atoms in total. The predicted octanol–water partition coefficient (Wildman–Crippen LogP) is 2.25. The van der Waals surface area contributed by atoms with Crippen LogP contribution >= 0.6 is 0 Å². The molecule has 0 N–H and O–H groups in total. The minimum atomic E-state index is 0.0722. The molecule has 0 radical (unpaired) electrons. The van der Waals surface area contributed by atoms with Crippen molar-refractivity contribution in [1.29, 1.82) is 0 Å². The lowest BCUT2D eigenvalue weighted by molar-refractivity contribution is -0.140. The van der Waals surface area contributed by atoms with Crippen molar-refractivity contribution in [1.82, 2.24) is 9.80 Å². The number of nitrogens with zero attached hydrogens (tertiary/aromatic N) is 2. The lowest BCUT2D eigenvalue weighted by Gasteiger charge is -2.41. The lowest BCUT2D eigenvalue weighted by atomic mass is 9.92. The van der Waals surface area contributed by atoms with Gasteiger partial charge in [0.15, 0.2) is 0 Å². The fraction of sp³-hybridized carbons (Fsp3) is 0.600. The largest absolute Gasteiger partial charge is 0.379 e. The van der Waals surface area contributed by atoms with E-state index >= 15 is 0 Å². The number of rotatable bonds is 6. The van der Waals surface area contributed by atoms with Crippen molar-refractivity contribution in [2.75, 3.05) is 26.7 Å². The fourth-order valence-corrected chi connectivity index (χ4v) is 4.02. The van der Waals surface area contributed by atoms with Gasteiger partial charge in [0.25, 0.3) is 0 Å². The van der Waals surface area contributed by atoms with Gasteiger partial charge in [-0.25, -0.2) is 0 Å². The van der Waals surface area contributed by atoms with Crippen LogP contribution in [0.15, 0.2) is 30.3 Å². The van der Waals surface area contributed by atoms with Crippen LogP contribution in [0, 0.1) is 0 Å². The van der Waals surface area contributed by atoms with Crippen LogP contribution in [0.2, 0.25) is 0 Å². The normalized spacial score (nSPS) is 24.0. The standard InChI is InChI=1S/C20H28N2O3/c1-25-18-9-5-13-22(17(18)15-16-7-3-2-4-8-16)20(24)11-14-21-12-6-10-19(21)23/h2-4,7-8,17-18H,5-6,9-15H2,1H3/t17-,18-/m0/s1. The molecule has 2 heterocycles. The minimum Gasteiger partial charge on any atom is -0.379 e. The molecule has 2 aliphatic heterocycles. The van der Waals surface area contributed by atoms with E-state index in [1.54, 1.807) is 7.11 Å². The number of likely N-dealkylation sites (tertiary alicyclic amines) is 2. The molecule has 2 fully saturated rings. The molecule has 0 saturated carbocycles. The number of amides is 2. The zero-order chi connectivity index (χ0) is 17.6. The van der Waals surface area contributed by atoms with Gasteiger partial charge in [0.2, 0.25) is 11.8 Å². The Kier molecular flexibility index (Phi) is 6.08. The third kappa shape index (κ3) is 4.40. The number of methoxy groups -OCH3 is 1. The van der Waals surface area contributed by atoms with E-state index in [1.165, 1.54) is 5.56 Å². The Hall–Kier alpha value is -1.88. The number of carbonyl (C=O) groups excluding carboxylic acids is 2. The highest BCUT2D eigenvalue weighted by Crippen LogP contribution is 2.24. The Morgan fingerprint density at radius 1 is 1.20 bits per heavy atom. The number of ether oxygens (including phenoxy) is 1. The predicted molar refractivity (Wildman–Crippen MR) is 96.1 cm³/mol. The Morgan fingerprint density at radius 2 is 2.00 bits per heavy atom. The van der Waals surface area contributed by atoms with Gasteiger partial charge >= 0.3 is 0 Å². The zero-order valence-electron chi connectivity index (χ0n) is 15.0. The van der Waals surface area contributed by atoms with Gasteiger partial charge in [0, 0.05) is 39.6 Å². The molecule has 0 bridgehead atoms. The second kappa shape index (κ2) is 8.48. The summed E-state index contributed by atoms with van der Waals surface area (Å²) in [7, 11) is 1.74. The smallest absolute Gasteiger partial charge is 0.224 e. The second-order valence-corrected chi connectivity index (χ2v) is 6.99. The number of hydrogen-bond acceptors (Lipinski definition) is 3. The van der Waals surface area contributed by atoms with Crippen LogP contribution in [0.5, 0.6) is 0 Å². The van der Waals surface area contributed by atoms with E-state index in [9.17, 15) is 9.59 Å². The van der Waals surface area contributed by atoms with Crippen LogP contribution in [0.3, 0.4) is 0 Å². The van der Waals surface area contributed by atoms with Crippen molar-refractivity contribution >= 4 is 11.8 Å². The molecule has 2 aliphatic rings. The summed E-state index contributed by atoms with van der Waals surface area (Å²) in [6.07, 6.45) is 4.80. The molecule has 5 heteroatoms. The topological polar surface area (TPSA) is 49.9 Å². The van der Waals surface area contributed by atoms with Crippen molar-refractivity contribution in [3.05, 3.63) is 35.9 Å². The van der Waals surface area contributed by atoms with E-state index in [0.717, 1.165) is 38.8 Å². The van der Waals surface area contributed by atoms with Gasteiger partial charge in [-0.1, -0.05) is 30.3 Å². The van der Waals surface area contributed by atoms with Gasteiger partial charge in [-0.05, 0) is 31.2 Å². The Balaban J connectivity index is 1.65. The van der Waals surface area contributed by atoms with Crippen molar-refractivity contribution in [3.63, 3.8) is 0 Å². The van der Waals surface area contributed by atoms with E-state index in [2.05, 4.69) is 12.1 Å². The van der Waals surface area contributed by atoms with Crippen LogP contribution in [0.4, 0.5) is 0 Å². The second-order valence-electron chi connectivity index (χ2n) is 6.99. The molecule has 0 aromatic heterocycles. The van der Waals surface area contributed by atoms with Crippen LogP contribution < -0.4 is 0 Å². The van der Waals surface area contributed by atoms with Gasteiger partial charge in [-0.15, -0.1) is 0 Å². The lowest BCUT2D eigenvalue weighted by Crippen LogP contribution is -2.53. The molecule has 3 rings (SSSR count). The van der Waals surface area contributed by atoms with Gasteiger partial charge in [-0.3, -0.25) is 9.59 Å². The number of benzene rings is 1. The Bertz CT molecular complexity index is 590. The number of piperidine rings is 1. The van der Waals surface area contributed by atoms with Gasteiger partial charge in [0.1, 0.15) is 0 Å². The maximum atomic E-state index is 12.9. The summed E-state index contributed by atoms with van der Waals surface area (Å²) >= 11 is 0. The molecule has 1 aromatic carbocycles. The van der Waals surface area contributed by atoms with Crippen LogP contribution in [0.1, 0.15) is 37.7 Å². The summed E-state index contributed by atoms with van der Waals surface area (Å²) in [5.41, 5.74) is 1.23. The van der Waals surface area contributed by atoms with E-state index in [4.69, 9.17) is 4.74 Å². The SMILES string of the molecule is CO[C@H]1CCCN(C(=O)CCN2CCCC2=O)[C@H]1Cc1ccccc1. The highest BCUT2D eigenvalue weighted by Gasteiger charge is 2.34. The first-order valence-corrected chi connectivity index (χ1v) is 9.33. The van der Waals surface area contributed by atoms with E-state index in [0.29, 0.717) is 19.4 Å².